The van der Waals surface area contributed by atoms with Gasteiger partial charge in [-0.2, -0.15) is 0 Å². The highest BCUT2D eigenvalue weighted by molar-refractivity contribution is 7.20. The molecule has 1 aromatic heterocycles. The highest BCUT2D eigenvalue weighted by atomic mass is 32.1. The molecule has 1 nitrogen and oxygen atoms in total. The van der Waals surface area contributed by atoms with Crippen LogP contribution in [0, 0.1) is 17.8 Å². The highest BCUT2D eigenvalue weighted by Crippen LogP contribution is 2.37. The minimum absolute atomic E-state index is 0.249. The Morgan fingerprint density at radius 2 is 1.95 bits per heavy atom. The van der Waals surface area contributed by atoms with Gasteiger partial charge in [-0.15, -0.1) is 11.3 Å². The Kier molecular flexibility index (Phi) is 3.44. The number of benzene rings is 1. The van der Waals surface area contributed by atoms with E-state index in [1.165, 1.54) is 16.5 Å². The monoisotopic (exact) mass is 272 g/mol. The maximum atomic E-state index is 12.6. The molecule has 0 radical (unpaired) electrons. The maximum Gasteiger partial charge on any atom is 0.175 e. The summed E-state index contributed by atoms with van der Waals surface area (Å²) in [6.45, 7) is 4.60. The van der Waals surface area contributed by atoms with E-state index < -0.39 is 0 Å². The molecular weight excluding hydrogens is 252 g/mol. The van der Waals surface area contributed by atoms with E-state index >= 15 is 0 Å². The van der Waals surface area contributed by atoms with Crippen LogP contribution in [-0.4, -0.2) is 5.78 Å². The van der Waals surface area contributed by atoms with Gasteiger partial charge in [-0.3, -0.25) is 4.79 Å². The van der Waals surface area contributed by atoms with E-state index in [0.29, 0.717) is 11.7 Å². The molecular formula is C17H20OS. The van der Waals surface area contributed by atoms with E-state index in [-0.39, 0.29) is 5.92 Å². The Hall–Kier alpha value is -1.15. The molecule has 0 N–H and O–H groups in total. The number of thiophene rings is 1. The molecule has 19 heavy (non-hydrogen) atoms. The first-order chi connectivity index (χ1) is 9.15. The number of rotatable bonds is 2. The Morgan fingerprint density at radius 3 is 2.68 bits per heavy atom. The van der Waals surface area contributed by atoms with Crippen molar-refractivity contribution in [1.29, 1.82) is 0 Å². The molecule has 0 bridgehead atoms. The van der Waals surface area contributed by atoms with Gasteiger partial charge >= 0.3 is 0 Å². The molecule has 3 rings (SSSR count). The third kappa shape index (κ3) is 2.46. The first-order valence-corrected chi connectivity index (χ1v) is 7.99. The van der Waals surface area contributed by atoms with Gasteiger partial charge in [-0.05, 0) is 48.6 Å². The van der Waals surface area contributed by atoms with E-state index in [0.717, 1.165) is 23.6 Å². The molecule has 1 aromatic carbocycles. The highest BCUT2D eigenvalue weighted by Gasteiger charge is 2.30. The lowest BCUT2D eigenvalue weighted by Crippen LogP contribution is -2.26. The molecule has 3 atom stereocenters. The molecule has 0 amide bonds. The average Bonchev–Trinajstić information content (AvgIpc) is 2.85. The summed E-state index contributed by atoms with van der Waals surface area (Å²) in [5.74, 6) is 2.07. The van der Waals surface area contributed by atoms with Crippen LogP contribution in [0.5, 0.6) is 0 Å². The lowest BCUT2D eigenvalue weighted by Gasteiger charge is -2.30. The smallest absolute Gasteiger partial charge is 0.175 e. The number of carbonyl (C=O) groups is 1. The van der Waals surface area contributed by atoms with Crippen molar-refractivity contribution in [3.8, 4) is 0 Å². The minimum Gasteiger partial charge on any atom is -0.293 e. The van der Waals surface area contributed by atoms with Crippen molar-refractivity contribution in [2.45, 2.75) is 33.1 Å². The summed E-state index contributed by atoms with van der Waals surface area (Å²) < 4.78 is 1.23. The SMILES string of the molecule is CC1CCC(C(=O)c2cc3ccccc3s2)CC1C. The standard InChI is InChI=1S/C17H20OS/c1-11-7-8-14(9-12(11)2)17(18)16-10-13-5-3-4-6-15(13)19-16/h3-6,10-12,14H,7-9H2,1-2H3. The number of hydrogen-bond acceptors (Lipinski definition) is 2. The molecule has 0 saturated heterocycles. The van der Waals surface area contributed by atoms with Crippen LogP contribution in [0.3, 0.4) is 0 Å². The van der Waals surface area contributed by atoms with Crippen LogP contribution in [0.25, 0.3) is 10.1 Å². The lowest BCUT2D eigenvalue weighted by atomic mass is 9.74. The van der Waals surface area contributed by atoms with Gasteiger partial charge in [0, 0.05) is 10.6 Å². The largest absolute Gasteiger partial charge is 0.293 e. The summed E-state index contributed by atoms with van der Waals surface area (Å²) >= 11 is 1.65. The van der Waals surface area contributed by atoms with Gasteiger partial charge in [-0.25, -0.2) is 0 Å². The first kappa shape index (κ1) is 12.9. The van der Waals surface area contributed by atoms with Gasteiger partial charge in [-0.1, -0.05) is 32.0 Å². The molecule has 0 spiro atoms. The topological polar surface area (TPSA) is 17.1 Å². The van der Waals surface area contributed by atoms with Crippen LogP contribution in [0.4, 0.5) is 0 Å². The van der Waals surface area contributed by atoms with E-state index in [2.05, 4.69) is 32.0 Å². The number of fused-ring (bicyclic) bond motifs is 1. The van der Waals surface area contributed by atoms with Crippen LogP contribution in [0.1, 0.15) is 42.8 Å². The molecule has 1 heterocycles. The second kappa shape index (κ2) is 5.09. The zero-order valence-electron chi connectivity index (χ0n) is 11.6. The third-order valence-corrected chi connectivity index (χ3v) is 5.77. The fraction of sp³-hybridized carbons (Fsp3) is 0.471. The molecule has 2 aromatic rings. The molecule has 2 heteroatoms. The van der Waals surface area contributed by atoms with Crippen molar-refractivity contribution >= 4 is 27.2 Å². The third-order valence-electron chi connectivity index (χ3n) is 4.64. The molecule has 100 valence electrons. The Bertz CT molecular complexity index is 565. The average molecular weight is 272 g/mol. The van der Waals surface area contributed by atoms with E-state index in [1.807, 2.05) is 12.1 Å². The van der Waals surface area contributed by atoms with Crippen LogP contribution >= 0.6 is 11.3 Å². The van der Waals surface area contributed by atoms with Gasteiger partial charge < -0.3 is 0 Å². The first-order valence-electron chi connectivity index (χ1n) is 7.18. The maximum absolute atomic E-state index is 12.6. The van der Waals surface area contributed by atoms with Crippen LogP contribution in [0.2, 0.25) is 0 Å². The van der Waals surface area contributed by atoms with Gasteiger partial charge in [0.2, 0.25) is 0 Å². The fourth-order valence-corrected chi connectivity index (χ4v) is 4.17. The second-order valence-electron chi connectivity index (χ2n) is 5.98. The molecule has 1 aliphatic carbocycles. The van der Waals surface area contributed by atoms with Gasteiger partial charge in [0.1, 0.15) is 0 Å². The number of Topliss-reactive ketones (excluding diaryl/α,β-unsaturated/α-hetero) is 1. The van der Waals surface area contributed by atoms with Crippen molar-refractivity contribution in [1.82, 2.24) is 0 Å². The van der Waals surface area contributed by atoms with Gasteiger partial charge in [0.25, 0.3) is 0 Å². The minimum atomic E-state index is 0.249. The van der Waals surface area contributed by atoms with Crippen molar-refractivity contribution in [3.05, 3.63) is 35.2 Å². The molecule has 1 fully saturated rings. The zero-order chi connectivity index (χ0) is 13.4. The van der Waals surface area contributed by atoms with E-state index in [1.54, 1.807) is 11.3 Å². The second-order valence-corrected chi connectivity index (χ2v) is 7.06. The molecule has 3 unspecified atom stereocenters. The fourth-order valence-electron chi connectivity index (χ4n) is 3.09. The zero-order valence-corrected chi connectivity index (χ0v) is 12.4. The predicted octanol–water partition coefficient (Wildman–Crippen LogP) is 5.16. The van der Waals surface area contributed by atoms with Crippen molar-refractivity contribution in [2.24, 2.45) is 17.8 Å². The number of hydrogen-bond donors (Lipinski definition) is 0. The van der Waals surface area contributed by atoms with Gasteiger partial charge in [0.05, 0.1) is 4.88 Å². The number of ketones is 1. The summed E-state index contributed by atoms with van der Waals surface area (Å²) in [7, 11) is 0. The van der Waals surface area contributed by atoms with Crippen LogP contribution in [-0.2, 0) is 0 Å². The van der Waals surface area contributed by atoms with Gasteiger partial charge in [0.15, 0.2) is 5.78 Å². The quantitative estimate of drug-likeness (QED) is 0.690. The van der Waals surface area contributed by atoms with Crippen molar-refractivity contribution in [3.63, 3.8) is 0 Å². The Labute approximate surface area is 118 Å². The summed E-state index contributed by atoms with van der Waals surface area (Å²) in [5.41, 5.74) is 0. The Morgan fingerprint density at radius 1 is 1.16 bits per heavy atom. The predicted molar refractivity (Wildman–Crippen MR) is 81.8 cm³/mol. The van der Waals surface area contributed by atoms with Crippen molar-refractivity contribution in [2.75, 3.05) is 0 Å². The lowest BCUT2D eigenvalue weighted by molar-refractivity contribution is 0.0842. The Balaban J connectivity index is 1.83. The normalized spacial score (nSPS) is 27.6. The molecule has 1 aliphatic rings. The summed E-state index contributed by atoms with van der Waals surface area (Å²) in [4.78, 5) is 13.6. The van der Waals surface area contributed by atoms with Crippen molar-refractivity contribution < 1.29 is 4.79 Å². The van der Waals surface area contributed by atoms with E-state index in [4.69, 9.17) is 0 Å². The van der Waals surface area contributed by atoms with Crippen LogP contribution < -0.4 is 0 Å². The summed E-state index contributed by atoms with van der Waals surface area (Å²) in [6.07, 6.45) is 3.33. The molecule has 1 saturated carbocycles. The summed E-state index contributed by atoms with van der Waals surface area (Å²) in [5, 5.41) is 1.20. The van der Waals surface area contributed by atoms with E-state index in [9.17, 15) is 4.79 Å². The summed E-state index contributed by atoms with van der Waals surface area (Å²) in [6, 6.07) is 10.3. The molecule has 0 aliphatic heterocycles. The number of carbonyl (C=O) groups excluding carboxylic acids is 1. The van der Waals surface area contributed by atoms with Crippen LogP contribution in [0.15, 0.2) is 30.3 Å².